The summed E-state index contributed by atoms with van der Waals surface area (Å²) in [6, 6.07) is 0. The minimum absolute atomic E-state index is 0.174. The van der Waals surface area contributed by atoms with E-state index in [1.165, 1.54) is 0 Å². The molecular weight excluding hydrogens is 76.1 g/mol. The van der Waals surface area contributed by atoms with Crippen LogP contribution >= 0.6 is 0 Å². The molecule has 0 aliphatic rings. The predicted molar refractivity (Wildman–Crippen MR) is 26.5 cm³/mol. The molecule has 0 aliphatic carbocycles. The number of aliphatic hydroxyl groups excluding tert-OH is 1. The third-order valence-electron chi connectivity index (χ3n) is 0.508. The molecule has 0 aromatic rings. The Hall–Kier alpha value is -0.300. The van der Waals surface area contributed by atoms with E-state index in [9.17, 15) is 0 Å². The summed E-state index contributed by atoms with van der Waals surface area (Å²) in [7, 11) is 0. The van der Waals surface area contributed by atoms with Crippen molar-refractivity contribution in [1.82, 2.24) is 0 Å². The normalized spacial score (nSPS) is 10.3. The van der Waals surface area contributed by atoms with Crippen molar-refractivity contribution in [2.75, 3.05) is 6.61 Å². The van der Waals surface area contributed by atoms with Gasteiger partial charge in [-0.3, -0.25) is 0 Å². The van der Waals surface area contributed by atoms with Gasteiger partial charge >= 0.3 is 0 Å². The van der Waals surface area contributed by atoms with Crippen LogP contribution in [0.1, 0.15) is 13.3 Å². The molecule has 0 aromatic carbocycles. The Morgan fingerprint density at radius 3 is 2.33 bits per heavy atom. The molecule has 0 saturated carbocycles. The average molecular weight is 86.1 g/mol. The van der Waals surface area contributed by atoms with Gasteiger partial charge in [-0.05, 0) is 6.42 Å². The van der Waals surface area contributed by atoms with Crippen LogP contribution in [0.25, 0.3) is 0 Å². The third-order valence-corrected chi connectivity index (χ3v) is 0.508. The molecule has 0 aromatic heterocycles. The van der Waals surface area contributed by atoms with Gasteiger partial charge in [-0.2, -0.15) is 0 Å². The van der Waals surface area contributed by atoms with Crippen molar-refractivity contribution >= 4 is 0 Å². The van der Waals surface area contributed by atoms with Crippen LogP contribution in [0.4, 0.5) is 0 Å². The monoisotopic (exact) mass is 86.1 g/mol. The van der Waals surface area contributed by atoms with Crippen molar-refractivity contribution in [2.24, 2.45) is 0 Å². The van der Waals surface area contributed by atoms with Crippen molar-refractivity contribution in [3.05, 3.63) is 12.2 Å². The van der Waals surface area contributed by atoms with E-state index in [0.717, 1.165) is 6.42 Å². The maximum Gasteiger partial charge on any atom is 0.0612 e. The van der Waals surface area contributed by atoms with Crippen LogP contribution in [0, 0.1) is 0 Å². The molecule has 0 bridgehead atoms. The minimum atomic E-state index is 0.174. The highest BCUT2D eigenvalue weighted by molar-refractivity contribution is 4.78. The van der Waals surface area contributed by atoms with Crippen LogP contribution in [0.2, 0.25) is 0 Å². The molecule has 0 saturated heterocycles. The number of hydrogen-bond acceptors (Lipinski definition) is 1. The molecular formula is C5H10O. The van der Waals surface area contributed by atoms with Gasteiger partial charge in [0.25, 0.3) is 0 Å². The Balaban J connectivity index is 2.73. The van der Waals surface area contributed by atoms with E-state index in [1.807, 2.05) is 13.0 Å². The highest BCUT2D eigenvalue weighted by atomic mass is 16.2. The van der Waals surface area contributed by atoms with Crippen LogP contribution in [0.5, 0.6) is 0 Å². The molecule has 1 N–H and O–H groups in total. The lowest BCUT2D eigenvalue weighted by molar-refractivity contribution is 0.342. The van der Waals surface area contributed by atoms with Crippen molar-refractivity contribution in [3.8, 4) is 0 Å². The van der Waals surface area contributed by atoms with E-state index in [4.69, 9.17) is 5.11 Å². The molecule has 0 amide bonds. The Morgan fingerprint density at radius 2 is 2.17 bits per heavy atom. The Bertz CT molecular complexity index is 33.2. The summed E-state index contributed by atoms with van der Waals surface area (Å²) in [5, 5.41) is 8.11. The van der Waals surface area contributed by atoms with Gasteiger partial charge in [-0.1, -0.05) is 19.1 Å². The standard InChI is InChI=1S/C5H10O/c1-2-3-4-5-6/h3-4,6H,2,5H2,1H3. The summed E-state index contributed by atoms with van der Waals surface area (Å²) < 4.78 is 0. The van der Waals surface area contributed by atoms with Gasteiger partial charge in [0.15, 0.2) is 0 Å². The molecule has 0 unspecified atom stereocenters. The Labute approximate surface area is 38.3 Å². The van der Waals surface area contributed by atoms with Gasteiger partial charge in [0.05, 0.1) is 6.61 Å². The molecule has 1 heteroatoms. The molecule has 0 rings (SSSR count). The van der Waals surface area contributed by atoms with Crippen molar-refractivity contribution in [1.29, 1.82) is 0 Å². The fourth-order valence-electron chi connectivity index (χ4n) is 0.241. The Kier molecular flexibility index (Phi) is 4.46. The summed E-state index contributed by atoms with van der Waals surface area (Å²) in [6.07, 6.45) is 4.68. The van der Waals surface area contributed by atoms with E-state index < -0.39 is 0 Å². The van der Waals surface area contributed by atoms with Gasteiger partial charge in [0.1, 0.15) is 0 Å². The first kappa shape index (κ1) is 5.70. The van der Waals surface area contributed by atoms with Crippen LogP contribution < -0.4 is 0 Å². The van der Waals surface area contributed by atoms with Gasteiger partial charge in [-0.15, -0.1) is 0 Å². The Morgan fingerprint density at radius 1 is 1.50 bits per heavy atom. The van der Waals surface area contributed by atoms with Gasteiger partial charge in [0.2, 0.25) is 0 Å². The van der Waals surface area contributed by atoms with E-state index in [-0.39, 0.29) is 6.61 Å². The quantitative estimate of drug-likeness (QED) is 0.496. The zero-order valence-electron chi connectivity index (χ0n) is 4.02. The van der Waals surface area contributed by atoms with Gasteiger partial charge in [-0.25, -0.2) is 0 Å². The summed E-state index contributed by atoms with van der Waals surface area (Å²) in [4.78, 5) is 0. The van der Waals surface area contributed by atoms with Crippen LogP contribution in [-0.4, -0.2) is 11.7 Å². The largest absolute Gasteiger partial charge is 0.392 e. The predicted octanol–water partition coefficient (Wildman–Crippen LogP) is 0.945. The minimum Gasteiger partial charge on any atom is -0.392 e. The van der Waals surface area contributed by atoms with E-state index >= 15 is 0 Å². The molecule has 0 atom stereocenters. The van der Waals surface area contributed by atoms with E-state index in [2.05, 4.69) is 0 Å². The van der Waals surface area contributed by atoms with E-state index in [0.29, 0.717) is 0 Å². The molecule has 1 nitrogen and oxygen atoms in total. The zero-order chi connectivity index (χ0) is 4.83. The van der Waals surface area contributed by atoms with Crippen molar-refractivity contribution in [3.63, 3.8) is 0 Å². The molecule has 0 fully saturated rings. The summed E-state index contributed by atoms with van der Waals surface area (Å²) in [5.41, 5.74) is 0. The molecule has 6 heavy (non-hydrogen) atoms. The second-order valence-corrected chi connectivity index (χ2v) is 1.06. The maximum absolute atomic E-state index is 8.11. The van der Waals surface area contributed by atoms with Crippen LogP contribution in [0.15, 0.2) is 12.2 Å². The molecule has 0 aliphatic heterocycles. The number of aliphatic hydroxyl groups is 1. The number of rotatable bonds is 2. The van der Waals surface area contributed by atoms with Gasteiger partial charge < -0.3 is 5.11 Å². The van der Waals surface area contributed by atoms with E-state index in [1.54, 1.807) is 6.08 Å². The number of allylic oxidation sites excluding steroid dienone is 1. The lowest BCUT2D eigenvalue weighted by Crippen LogP contribution is -1.67. The zero-order valence-corrected chi connectivity index (χ0v) is 4.02. The van der Waals surface area contributed by atoms with Crippen LogP contribution in [-0.2, 0) is 0 Å². The fraction of sp³-hybridized carbons (Fsp3) is 0.600. The summed E-state index contributed by atoms with van der Waals surface area (Å²) in [6.45, 7) is 2.21. The number of hydrogen-bond donors (Lipinski definition) is 1. The maximum atomic E-state index is 8.11. The van der Waals surface area contributed by atoms with Crippen molar-refractivity contribution in [2.45, 2.75) is 13.3 Å². The third kappa shape index (κ3) is 3.70. The second-order valence-electron chi connectivity index (χ2n) is 1.06. The van der Waals surface area contributed by atoms with Crippen molar-refractivity contribution < 1.29 is 5.11 Å². The smallest absolute Gasteiger partial charge is 0.0612 e. The molecule has 36 valence electrons. The second kappa shape index (κ2) is 4.70. The average Bonchev–Trinajstić information content (AvgIpc) is 1.61. The first-order chi connectivity index (χ1) is 2.91. The fourth-order valence-corrected chi connectivity index (χ4v) is 0.241. The summed E-state index contributed by atoms with van der Waals surface area (Å²) in [5.74, 6) is 0. The topological polar surface area (TPSA) is 20.2 Å². The first-order valence-electron chi connectivity index (χ1n) is 2.17. The van der Waals surface area contributed by atoms with Gasteiger partial charge in [0, 0.05) is 0 Å². The lowest BCUT2D eigenvalue weighted by atomic mass is 10.4. The highest BCUT2D eigenvalue weighted by Crippen LogP contribution is 1.74. The highest BCUT2D eigenvalue weighted by Gasteiger charge is 1.60. The molecule has 0 heterocycles. The lowest BCUT2D eigenvalue weighted by Gasteiger charge is -1.72. The molecule has 0 radical (unpaired) electrons. The van der Waals surface area contributed by atoms with Crippen LogP contribution in [0.3, 0.4) is 0 Å². The first-order valence-corrected chi connectivity index (χ1v) is 2.17. The summed E-state index contributed by atoms with van der Waals surface area (Å²) >= 11 is 0. The SMILES string of the molecule is CCC=CCO. The molecule has 0 spiro atoms.